The Morgan fingerprint density at radius 1 is 1.38 bits per heavy atom. The van der Waals surface area contributed by atoms with Crippen LogP contribution in [0.15, 0.2) is 18.5 Å². The Kier molecular flexibility index (Phi) is 6.61. The van der Waals surface area contributed by atoms with Crippen LogP contribution < -0.4 is 0 Å². The number of halogens is 1. The van der Waals surface area contributed by atoms with Crippen LogP contribution in [0.3, 0.4) is 0 Å². The molecule has 0 amide bonds. The first-order chi connectivity index (χ1) is 7.76. The molecule has 0 atom stereocenters. The molecule has 0 saturated carbocycles. The van der Waals surface area contributed by atoms with Gasteiger partial charge in [0.1, 0.15) is 0 Å². The molecule has 0 aliphatic rings. The Balaban J connectivity index is 2.52. The van der Waals surface area contributed by atoms with Crippen LogP contribution in [0, 0.1) is 6.92 Å². The first-order valence-electron chi connectivity index (χ1n) is 5.44. The van der Waals surface area contributed by atoms with Crippen molar-refractivity contribution in [3.8, 4) is 0 Å². The van der Waals surface area contributed by atoms with Crippen LogP contribution in [0.1, 0.15) is 11.1 Å². The zero-order chi connectivity index (χ0) is 11.8. The molecule has 0 spiro atoms. The highest BCUT2D eigenvalue weighted by Crippen LogP contribution is 2.06. The Labute approximate surface area is 106 Å². The highest BCUT2D eigenvalue weighted by Gasteiger charge is 2.05. The van der Waals surface area contributed by atoms with Crippen LogP contribution >= 0.6 is 15.9 Å². The van der Waals surface area contributed by atoms with Gasteiger partial charge < -0.3 is 4.74 Å². The summed E-state index contributed by atoms with van der Waals surface area (Å²) in [4.78, 5) is 6.56. The lowest BCUT2D eigenvalue weighted by atomic mass is 10.2. The monoisotopic (exact) mass is 286 g/mol. The molecule has 0 aromatic carbocycles. The molecular formula is C12H19BrN2O. The van der Waals surface area contributed by atoms with Crippen molar-refractivity contribution >= 4 is 15.9 Å². The van der Waals surface area contributed by atoms with E-state index in [4.69, 9.17) is 4.74 Å². The van der Waals surface area contributed by atoms with E-state index in [-0.39, 0.29) is 0 Å². The SMILES string of the molecule is COCCN(CCBr)Cc1cncc(C)c1. The average Bonchev–Trinajstić information content (AvgIpc) is 2.26. The second-order valence-electron chi connectivity index (χ2n) is 3.83. The van der Waals surface area contributed by atoms with Crippen LogP contribution in [0.5, 0.6) is 0 Å². The number of hydrogen-bond acceptors (Lipinski definition) is 3. The summed E-state index contributed by atoms with van der Waals surface area (Å²) in [6.07, 6.45) is 3.81. The topological polar surface area (TPSA) is 25.4 Å². The quantitative estimate of drug-likeness (QED) is 0.719. The van der Waals surface area contributed by atoms with E-state index >= 15 is 0 Å². The number of alkyl halides is 1. The average molecular weight is 287 g/mol. The fraction of sp³-hybridized carbons (Fsp3) is 0.583. The van der Waals surface area contributed by atoms with Crippen LogP contribution in [-0.2, 0) is 11.3 Å². The summed E-state index contributed by atoms with van der Waals surface area (Å²) in [5, 5.41) is 0.982. The minimum absolute atomic E-state index is 0.770. The number of methoxy groups -OCH3 is 1. The first kappa shape index (κ1) is 13.6. The lowest BCUT2D eigenvalue weighted by Gasteiger charge is -2.20. The zero-order valence-electron chi connectivity index (χ0n) is 9.95. The van der Waals surface area contributed by atoms with Gasteiger partial charge in [-0.1, -0.05) is 22.0 Å². The maximum absolute atomic E-state index is 5.11. The van der Waals surface area contributed by atoms with Gasteiger partial charge in [0.15, 0.2) is 0 Å². The molecule has 0 radical (unpaired) electrons. The summed E-state index contributed by atoms with van der Waals surface area (Å²) in [6, 6.07) is 2.18. The summed E-state index contributed by atoms with van der Waals surface area (Å²) in [5.74, 6) is 0. The lowest BCUT2D eigenvalue weighted by Crippen LogP contribution is -2.28. The predicted molar refractivity (Wildman–Crippen MR) is 69.9 cm³/mol. The van der Waals surface area contributed by atoms with Crippen molar-refractivity contribution in [2.24, 2.45) is 0 Å². The fourth-order valence-electron chi connectivity index (χ4n) is 1.57. The second kappa shape index (κ2) is 7.76. The standard InChI is InChI=1S/C12H19BrN2O/c1-11-7-12(9-14-8-11)10-15(4-3-13)5-6-16-2/h7-9H,3-6,10H2,1-2H3. The van der Waals surface area contributed by atoms with Gasteiger partial charge in [-0.15, -0.1) is 0 Å². The Morgan fingerprint density at radius 2 is 2.19 bits per heavy atom. The second-order valence-corrected chi connectivity index (χ2v) is 4.62. The molecule has 1 rings (SSSR count). The smallest absolute Gasteiger partial charge is 0.0589 e. The summed E-state index contributed by atoms with van der Waals surface area (Å²) >= 11 is 3.47. The molecular weight excluding hydrogens is 268 g/mol. The van der Waals surface area contributed by atoms with Crippen LogP contribution in [-0.4, -0.2) is 42.0 Å². The number of aryl methyl sites for hydroxylation is 1. The van der Waals surface area contributed by atoms with Gasteiger partial charge in [-0.05, 0) is 18.1 Å². The van der Waals surface area contributed by atoms with Crippen molar-refractivity contribution < 1.29 is 4.74 Å². The minimum atomic E-state index is 0.770. The highest BCUT2D eigenvalue weighted by atomic mass is 79.9. The number of aromatic nitrogens is 1. The Bertz CT molecular complexity index is 307. The molecule has 0 bridgehead atoms. The summed E-state index contributed by atoms with van der Waals surface area (Å²) in [5.41, 5.74) is 2.47. The van der Waals surface area contributed by atoms with Gasteiger partial charge >= 0.3 is 0 Å². The Hall–Kier alpha value is -0.450. The third kappa shape index (κ3) is 5.05. The maximum atomic E-state index is 5.11. The highest BCUT2D eigenvalue weighted by molar-refractivity contribution is 9.09. The predicted octanol–water partition coefficient (Wildman–Crippen LogP) is 2.23. The van der Waals surface area contributed by atoms with E-state index in [1.165, 1.54) is 11.1 Å². The van der Waals surface area contributed by atoms with E-state index in [1.807, 2.05) is 12.4 Å². The molecule has 0 N–H and O–H groups in total. The molecule has 1 aromatic rings. The minimum Gasteiger partial charge on any atom is -0.383 e. The molecule has 16 heavy (non-hydrogen) atoms. The normalized spacial score (nSPS) is 11.0. The molecule has 0 aliphatic heterocycles. The van der Waals surface area contributed by atoms with Crippen LogP contribution in [0.2, 0.25) is 0 Å². The molecule has 0 unspecified atom stereocenters. The number of hydrogen-bond donors (Lipinski definition) is 0. The van der Waals surface area contributed by atoms with Crippen molar-refractivity contribution in [1.29, 1.82) is 0 Å². The lowest BCUT2D eigenvalue weighted by molar-refractivity contribution is 0.148. The Morgan fingerprint density at radius 3 is 2.81 bits per heavy atom. The third-order valence-corrected chi connectivity index (χ3v) is 2.70. The van der Waals surface area contributed by atoms with Gasteiger partial charge in [-0.3, -0.25) is 9.88 Å². The van der Waals surface area contributed by atoms with E-state index < -0.39 is 0 Å². The van der Waals surface area contributed by atoms with E-state index in [1.54, 1.807) is 7.11 Å². The number of pyridine rings is 1. The van der Waals surface area contributed by atoms with E-state index in [2.05, 4.69) is 38.8 Å². The van der Waals surface area contributed by atoms with Gasteiger partial charge in [-0.2, -0.15) is 0 Å². The largest absolute Gasteiger partial charge is 0.383 e. The van der Waals surface area contributed by atoms with Crippen LogP contribution in [0.4, 0.5) is 0 Å². The molecule has 1 aromatic heterocycles. The molecule has 3 nitrogen and oxygen atoms in total. The van der Waals surface area contributed by atoms with Crippen molar-refractivity contribution in [2.75, 3.05) is 32.1 Å². The van der Waals surface area contributed by atoms with Gasteiger partial charge in [0.2, 0.25) is 0 Å². The first-order valence-corrected chi connectivity index (χ1v) is 6.56. The summed E-state index contributed by atoms with van der Waals surface area (Å²) in [6.45, 7) is 5.75. The molecule has 0 saturated heterocycles. The summed E-state index contributed by atoms with van der Waals surface area (Å²) in [7, 11) is 1.74. The van der Waals surface area contributed by atoms with E-state index in [0.717, 1.165) is 31.6 Å². The summed E-state index contributed by atoms with van der Waals surface area (Å²) < 4.78 is 5.11. The maximum Gasteiger partial charge on any atom is 0.0589 e. The van der Waals surface area contributed by atoms with Crippen molar-refractivity contribution in [2.45, 2.75) is 13.5 Å². The fourth-order valence-corrected chi connectivity index (χ4v) is 2.07. The van der Waals surface area contributed by atoms with Crippen molar-refractivity contribution in [1.82, 2.24) is 9.88 Å². The van der Waals surface area contributed by atoms with Gasteiger partial charge in [0.25, 0.3) is 0 Å². The molecule has 4 heteroatoms. The van der Waals surface area contributed by atoms with Crippen molar-refractivity contribution in [3.63, 3.8) is 0 Å². The number of nitrogens with zero attached hydrogens (tertiary/aromatic N) is 2. The molecule has 90 valence electrons. The van der Waals surface area contributed by atoms with E-state index in [9.17, 15) is 0 Å². The van der Waals surface area contributed by atoms with Gasteiger partial charge in [0, 0.05) is 44.5 Å². The van der Waals surface area contributed by atoms with Gasteiger partial charge in [-0.25, -0.2) is 0 Å². The molecule has 0 aliphatic carbocycles. The van der Waals surface area contributed by atoms with Gasteiger partial charge in [0.05, 0.1) is 6.61 Å². The zero-order valence-corrected chi connectivity index (χ0v) is 11.5. The number of rotatable bonds is 7. The molecule has 1 heterocycles. The number of ether oxygens (including phenoxy) is 1. The third-order valence-electron chi connectivity index (χ3n) is 2.35. The molecule has 0 fully saturated rings. The van der Waals surface area contributed by atoms with Crippen molar-refractivity contribution in [3.05, 3.63) is 29.6 Å². The van der Waals surface area contributed by atoms with E-state index in [0.29, 0.717) is 0 Å². The van der Waals surface area contributed by atoms with Crippen LogP contribution in [0.25, 0.3) is 0 Å².